The van der Waals surface area contributed by atoms with Crippen molar-refractivity contribution in [3.63, 3.8) is 0 Å². The van der Waals surface area contributed by atoms with Gasteiger partial charge in [-0.25, -0.2) is 18.2 Å². The Hall–Kier alpha value is -3.23. The van der Waals surface area contributed by atoms with Crippen LogP contribution < -0.4 is 4.31 Å². The second-order valence-electron chi connectivity index (χ2n) is 6.86. The number of ether oxygens (including phenoxy) is 1. The standard InChI is InChI=1S/C22H16N2O4S2/c1-28-22(25)16-10-8-15(9-11-16)21-23-17(13-29-21)12-24-18-6-2-4-14-5-3-7-19(20(14)18)30(24,26)27/h2-11,13H,12H2,1H3. The van der Waals surface area contributed by atoms with Crippen molar-refractivity contribution in [3.8, 4) is 10.6 Å². The van der Waals surface area contributed by atoms with Gasteiger partial charge in [0.25, 0.3) is 10.0 Å². The molecule has 0 unspecified atom stereocenters. The molecule has 0 saturated carbocycles. The van der Waals surface area contributed by atoms with E-state index in [-0.39, 0.29) is 6.54 Å². The van der Waals surface area contributed by atoms with Gasteiger partial charge in [0.15, 0.2) is 0 Å². The summed E-state index contributed by atoms with van der Waals surface area (Å²) < 4.78 is 32.4. The lowest BCUT2D eigenvalue weighted by Crippen LogP contribution is -2.26. The number of anilines is 1. The van der Waals surface area contributed by atoms with Crippen LogP contribution >= 0.6 is 11.3 Å². The number of hydrogen-bond acceptors (Lipinski definition) is 6. The van der Waals surface area contributed by atoms with Crippen molar-refractivity contribution >= 4 is 43.8 Å². The molecule has 0 saturated heterocycles. The number of hydrogen-bond donors (Lipinski definition) is 0. The van der Waals surface area contributed by atoms with Gasteiger partial charge in [-0.2, -0.15) is 0 Å². The van der Waals surface area contributed by atoms with Crippen LogP contribution in [0.15, 0.2) is 70.9 Å². The average molecular weight is 437 g/mol. The molecule has 6 nitrogen and oxygen atoms in total. The van der Waals surface area contributed by atoms with E-state index in [0.29, 0.717) is 21.8 Å². The van der Waals surface area contributed by atoms with Crippen LogP contribution in [0.1, 0.15) is 16.1 Å². The Balaban J connectivity index is 1.46. The minimum absolute atomic E-state index is 0.160. The first-order valence-corrected chi connectivity index (χ1v) is 11.5. The Labute approximate surface area is 177 Å². The Bertz CT molecular complexity index is 1390. The van der Waals surface area contributed by atoms with Crippen molar-refractivity contribution in [1.82, 2.24) is 4.98 Å². The molecule has 0 spiro atoms. The zero-order chi connectivity index (χ0) is 20.9. The fourth-order valence-electron chi connectivity index (χ4n) is 3.65. The molecular formula is C22H16N2O4S2. The monoisotopic (exact) mass is 436 g/mol. The van der Waals surface area contributed by atoms with Crippen LogP contribution in [0.2, 0.25) is 0 Å². The Morgan fingerprint density at radius 2 is 1.80 bits per heavy atom. The molecule has 0 N–H and O–H groups in total. The summed E-state index contributed by atoms with van der Waals surface area (Å²) in [6, 6.07) is 17.9. The SMILES string of the molecule is COC(=O)c1ccc(-c2nc(CN3c4cccc5cccc(c45)S3(=O)=O)cs2)cc1. The summed E-state index contributed by atoms with van der Waals surface area (Å²) in [5.74, 6) is -0.394. The van der Waals surface area contributed by atoms with Gasteiger partial charge in [0.05, 0.1) is 35.5 Å². The van der Waals surface area contributed by atoms with Gasteiger partial charge in [-0.1, -0.05) is 36.4 Å². The number of nitrogens with zero attached hydrogens (tertiary/aromatic N) is 2. The van der Waals surface area contributed by atoms with Crippen molar-refractivity contribution in [2.24, 2.45) is 0 Å². The van der Waals surface area contributed by atoms with Gasteiger partial charge in [0, 0.05) is 16.3 Å². The van der Waals surface area contributed by atoms with E-state index in [1.54, 1.807) is 36.4 Å². The van der Waals surface area contributed by atoms with Gasteiger partial charge >= 0.3 is 5.97 Å². The second-order valence-corrected chi connectivity index (χ2v) is 9.54. The first-order valence-electron chi connectivity index (χ1n) is 9.17. The zero-order valence-electron chi connectivity index (χ0n) is 15.9. The number of sulfonamides is 1. The van der Waals surface area contributed by atoms with E-state index in [1.807, 2.05) is 29.6 Å². The summed E-state index contributed by atoms with van der Waals surface area (Å²) in [4.78, 5) is 16.6. The van der Waals surface area contributed by atoms with E-state index in [1.165, 1.54) is 22.8 Å². The molecular weight excluding hydrogens is 420 g/mol. The third-order valence-corrected chi connectivity index (χ3v) is 7.83. The maximum atomic E-state index is 13.1. The highest BCUT2D eigenvalue weighted by molar-refractivity contribution is 7.93. The Kier molecular flexibility index (Phi) is 4.34. The third kappa shape index (κ3) is 2.88. The van der Waals surface area contributed by atoms with Crippen molar-refractivity contribution in [3.05, 3.63) is 77.3 Å². The first kappa shape index (κ1) is 18.8. The van der Waals surface area contributed by atoms with Crippen molar-refractivity contribution in [1.29, 1.82) is 0 Å². The van der Waals surface area contributed by atoms with Crippen LogP contribution in [0.3, 0.4) is 0 Å². The van der Waals surface area contributed by atoms with Gasteiger partial charge in [0.2, 0.25) is 0 Å². The first-order chi connectivity index (χ1) is 14.5. The fraction of sp³-hybridized carbons (Fsp3) is 0.0909. The molecule has 5 rings (SSSR count). The van der Waals surface area contributed by atoms with Gasteiger partial charge < -0.3 is 4.74 Å². The Morgan fingerprint density at radius 1 is 1.07 bits per heavy atom. The van der Waals surface area contributed by atoms with E-state index in [4.69, 9.17) is 4.74 Å². The largest absolute Gasteiger partial charge is 0.465 e. The third-order valence-electron chi connectivity index (χ3n) is 5.09. The van der Waals surface area contributed by atoms with Crippen LogP contribution in [0.25, 0.3) is 21.3 Å². The molecule has 1 aliphatic rings. The topological polar surface area (TPSA) is 76.6 Å². The number of methoxy groups -OCH3 is 1. The summed E-state index contributed by atoms with van der Waals surface area (Å²) in [6.07, 6.45) is 0. The van der Waals surface area contributed by atoms with Crippen LogP contribution in [0.5, 0.6) is 0 Å². The highest BCUT2D eigenvalue weighted by Crippen LogP contribution is 2.42. The van der Waals surface area contributed by atoms with Crippen LogP contribution in [0.4, 0.5) is 5.69 Å². The lowest BCUT2D eigenvalue weighted by molar-refractivity contribution is 0.0600. The highest BCUT2D eigenvalue weighted by Gasteiger charge is 2.35. The zero-order valence-corrected chi connectivity index (χ0v) is 17.5. The van der Waals surface area contributed by atoms with Gasteiger partial charge in [-0.3, -0.25) is 4.31 Å². The van der Waals surface area contributed by atoms with E-state index in [0.717, 1.165) is 21.3 Å². The summed E-state index contributed by atoms with van der Waals surface area (Å²) in [6.45, 7) is 0.160. The maximum Gasteiger partial charge on any atom is 0.337 e. The van der Waals surface area contributed by atoms with Crippen molar-refractivity contribution in [2.45, 2.75) is 11.4 Å². The Morgan fingerprint density at radius 3 is 2.53 bits per heavy atom. The minimum atomic E-state index is -3.62. The molecule has 1 aliphatic heterocycles. The van der Waals surface area contributed by atoms with Crippen LogP contribution in [-0.4, -0.2) is 26.5 Å². The smallest absolute Gasteiger partial charge is 0.337 e. The van der Waals surface area contributed by atoms with E-state index in [2.05, 4.69) is 4.98 Å². The van der Waals surface area contributed by atoms with Gasteiger partial charge in [0.1, 0.15) is 5.01 Å². The molecule has 0 radical (unpaired) electrons. The van der Waals surface area contributed by atoms with Crippen LogP contribution in [-0.2, 0) is 21.3 Å². The summed E-state index contributed by atoms with van der Waals surface area (Å²) in [5.41, 5.74) is 2.67. The van der Waals surface area contributed by atoms with Crippen molar-refractivity contribution in [2.75, 3.05) is 11.4 Å². The molecule has 4 aromatic rings. The number of aromatic nitrogens is 1. The summed E-state index contributed by atoms with van der Waals surface area (Å²) in [5, 5.41) is 4.28. The molecule has 3 aromatic carbocycles. The number of benzene rings is 3. The average Bonchev–Trinajstić information content (AvgIpc) is 3.32. The molecule has 0 aliphatic carbocycles. The van der Waals surface area contributed by atoms with Crippen LogP contribution in [0, 0.1) is 0 Å². The summed E-state index contributed by atoms with van der Waals surface area (Å²) >= 11 is 1.43. The number of esters is 1. The number of carbonyl (C=O) groups is 1. The molecule has 0 amide bonds. The molecule has 0 fully saturated rings. The van der Waals surface area contributed by atoms with Gasteiger partial charge in [-0.15, -0.1) is 11.3 Å². The van der Waals surface area contributed by atoms with E-state index >= 15 is 0 Å². The molecule has 150 valence electrons. The van der Waals surface area contributed by atoms with Gasteiger partial charge in [-0.05, 0) is 29.7 Å². The summed E-state index contributed by atoms with van der Waals surface area (Å²) in [7, 11) is -2.28. The molecule has 8 heteroatoms. The molecule has 0 atom stereocenters. The number of carbonyl (C=O) groups excluding carboxylic acids is 1. The lowest BCUT2D eigenvalue weighted by atomic mass is 10.1. The molecule has 30 heavy (non-hydrogen) atoms. The number of rotatable bonds is 4. The van der Waals surface area contributed by atoms with Crippen molar-refractivity contribution < 1.29 is 17.9 Å². The maximum absolute atomic E-state index is 13.1. The predicted octanol–water partition coefficient (Wildman–Crippen LogP) is 4.46. The molecule has 2 heterocycles. The fourth-order valence-corrected chi connectivity index (χ4v) is 6.15. The predicted molar refractivity (Wildman–Crippen MR) is 116 cm³/mol. The highest BCUT2D eigenvalue weighted by atomic mass is 32.2. The van der Waals surface area contributed by atoms with E-state index < -0.39 is 16.0 Å². The number of thiazole rings is 1. The molecule has 0 bridgehead atoms. The lowest BCUT2D eigenvalue weighted by Gasteiger charge is -2.17. The van der Waals surface area contributed by atoms with E-state index in [9.17, 15) is 13.2 Å². The second kappa shape index (κ2) is 6.93. The quantitative estimate of drug-likeness (QED) is 0.442. The molecule has 1 aromatic heterocycles. The minimum Gasteiger partial charge on any atom is -0.465 e. The normalized spacial score (nSPS) is 14.2.